The van der Waals surface area contributed by atoms with Gasteiger partial charge in [0, 0.05) is 12.6 Å². The molecule has 2 amide bonds. The third-order valence-corrected chi connectivity index (χ3v) is 4.49. The van der Waals surface area contributed by atoms with Gasteiger partial charge in [-0.25, -0.2) is 0 Å². The van der Waals surface area contributed by atoms with Gasteiger partial charge in [0.05, 0.1) is 6.04 Å². The summed E-state index contributed by atoms with van der Waals surface area (Å²) in [5.74, 6) is -0.380. The van der Waals surface area contributed by atoms with E-state index in [1.165, 1.54) is 11.1 Å². The normalized spacial score (nSPS) is 17.1. The molecule has 0 saturated carbocycles. The van der Waals surface area contributed by atoms with Crippen molar-refractivity contribution in [1.29, 1.82) is 0 Å². The minimum absolute atomic E-state index is 0.0541. The quantitative estimate of drug-likeness (QED) is 0.861. The summed E-state index contributed by atoms with van der Waals surface area (Å²) in [5, 5.41) is 6.18. The van der Waals surface area contributed by atoms with E-state index < -0.39 is 11.8 Å². The fraction of sp³-hybridized carbons (Fsp3) is 0.389. The Morgan fingerprint density at radius 2 is 2.00 bits per heavy atom. The topological polar surface area (TPSA) is 75.4 Å². The van der Waals surface area contributed by atoms with E-state index in [9.17, 15) is 9.59 Å². The largest absolute Gasteiger partial charge is 0.360 e. The van der Waals surface area contributed by atoms with Crippen molar-refractivity contribution in [3.8, 4) is 0 Å². The number of aromatic nitrogens is 1. The van der Waals surface area contributed by atoms with Gasteiger partial charge in [-0.2, -0.15) is 0 Å². The van der Waals surface area contributed by atoms with Crippen LogP contribution >= 0.6 is 0 Å². The zero-order valence-electron chi connectivity index (χ0n) is 14.1. The molecule has 1 aromatic heterocycles. The monoisotopic (exact) mass is 327 g/mol. The van der Waals surface area contributed by atoms with Gasteiger partial charge < -0.3 is 9.42 Å². The van der Waals surface area contributed by atoms with Gasteiger partial charge in [0.2, 0.25) is 0 Å². The number of hydrogen-bond acceptors (Lipinski definition) is 4. The molecule has 2 heterocycles. The Labute approximate surface area is 140 Å². The van der Waals surface area contributed by atoms with Crippen LogP contribution in [0.25, 0.3) is 0 Å². The summed E-state index contributed by atoms with van der Waals surface area (Å²) in [6.07, 6.45) is 1.75. The molecule has 1 aliphatic heterocycles. The third-order valence-electron chi connectivity index (χ3n) is 4.49. The summed E-state index contributed by atoms with van der Waals surface area (Å²) < 4.78 is 4.90. The summed E-state index contributed by atoms with van der Waals surface area (Å²) in [5.41, 5.74) is 3.48. The molecule has 1 saturated heterocycles. The zero-order valence-corrected chi connectivity index (χ0v) is 14.1. The summed E-state index contributed by atoms with van der Waals surface area (Å²) in [7, 11) is 0. The average molecular weight is 327 g/mol. The zero-order chi connectivity index (χ0) is 17.3. The lowest BCUT2D eigenvalue weighted by Gasteiger charge is -2.24. The van der Waals surface area contributed by atoms with Crippen molar-refractivity contribution in [2.45, 2.75) is 39.7 Å². The maximum atomic E-state index is 12.5. The van der Waals surface area contributed by atoms with Gasteiger partial charge in [0.25, 0.3) is 0 Å². The van der Waals surface area contributed by atoms with Crippen LogP contribution in [0.1, 0.15) is 41.3 Å². The number of amides is 2. The van der Waals surface area contributed by atoms with Gasteiger partial charge in [-0.1, -0.05) is 23.4 Å². The number of rotatable bonds is 2. The van der Waals surface area contributed by atoms with E-state index in [4.69, 9.17) is 4.52 Å². The summed E-state index contributed by atoms with van der Waals surface area (Å²) in [6.45, 7) is 6.42. The van der Waals surface area contributed by atoms with Crippen molar-refractivity contribution in [1.82, 2.24) is 10.1 Å². The van der Waals surface area contributed by atoms with Crippen molar-refractivity contribution in [3.63, 3.8) is 0 Å². The Hall–Kier alpha value is -2.63. The summed E-state index contributed by atoms with van der Waals surface area (Å²) in [4.78, 5) is 26.4. The van der Waals surface area contributed by atoms with Gasteiger partial charge in [-0.15, -0.1) is 0 Å². The number of hydrogen-bond donors (Lipinski definition) is 1. The van der Waals surface area contributed by atoms with E-state index in [0.29, 0.717) is 12.3 Å². The second-order valence-electron chi connectivity index (χ2n) is 6.28. The number of carbonyl (C=O) groups excluding carboxylic acids is 2. The number of benzene rings is 1. The Morgan fingerprint density at radius 3 is 2.67 bits per heavy atom. The van der Waals surface area contributed by atoms with Crippen LogP contribution < -0.4 is 5.32 Å². The molecule has 3 rings (SSSR count). The lowest BCUT2D eigenvalue weighted by molar-refractivity contribution is -0.143. The first-order chi connectivity index (χ1) is 11.5. The number of likely N-dealkylation sites (tertiary alicyclic amines) is 1. The lowest BCUT2D eigenvalue weighted by atomic mass is 9.99. The highest BCUT2D eigenvalue weighted by Crippen LogP contribution is 2.33. The van der Waals surface area contributed by atoms with Gasteiger partial charge in [0.15, 0.2) is 5.82 Å². The second-order valence-corrected chi connectivity index (χ2v) is 6.28. The van der Waals surface area contributed by atoms with Crippen LogP contribution in [0.5, 0.6) is 0 Å². The molecule has 1 fully saturated rings. The number of carbonyl (C=O) groups is 2. The highest BCUT2D eigenvalue weighted by atomic mass is 16.5. The molecule has 6 heteroatoms. The van der Waals surface area contributed by atoms with Crippen molar-refractivity contribution in [2.24, 2.45) is 0 Å². The molecule has 24 heavy (non-hydrogen) atoms. The molecular formula is C18H21N3O3. The highest BCUT2D eigenvalue weighted by Gasteiger charge is 2.33. The van der Waals surface area contributed by atoms with Gasteiger partial charge >= 0.3 is 11.8 Å². The van der Waals surface area contributed by atoms with Crippen LogP contribution in [0, 0.1) is 20.8 Å². The van der Waals surface area contributed by atoms with Crippen molar-refractivity contribution >= 4 is 17.6 Å². The molecule has 0 radical (unpaired) electrons. The first-order valence-corrected chi connectivity index (χ1v) is 8.08. The van der Waals surface area contributed by atoms with Gasteiger partial charge in [-0.05, 0) is 50.3 Å². The fourth-order valence-corrected chi connectivity index (χ4v) is 3.05. The minimum atomic E-state index is -0.681. The molecule has 1 aromatic carbocycles. The molecular weight excluding hydrogens is 306 g/mol. The van der Waals surface area contributed by atoms with Crippen LogP contribution in [-0.2, 0) is 9.59 Å². The first kappa shape index (κ1) is 16.2. The third kappa shape index (κ3) is 3.18. The molecule has 6 nitrogen and oxygen atoms in total. The van der Waals surface area contributed by atoms with Crippen LogP contribution in [0.4, 0.5) is 5.82 Å². The number of nitrogens with one attached hydrogen (secondary N) is 1. The Kier molecular flexibility index (Phi) is 4.38. The molecule has 0 spiro atoms. The van der Waals surface area contributed by atoms with E-state index in [-0.39, 0.29) is 11.9 Å². The maximum absolute atomic E-state index is 12.5. The summed E-state index contributed by atoms with van der Waals surface area (Å²) >= 11 is 0. The van der Waals surface area contributed by atoms with Crippen molar-refractivity contribution in [2.75, 3.05) is 11.9 Å². The predicted molar refractivity (Wildman–Crippen MR) is 89.5 cm³/mol. The van der Waals surface area contributed by atoms with Crippen LogP contribution in [-0.4, -0.2) is 28.4 Å². The van der Waals surface area contributed by atoms with E-state index in [2.05, 4.69) is 36.5 Å². The molecule has 0 bridgehead atoms. The minimum Gasteiger partial charge on any atom is -0.360 e. The second kappa shape index (κ2) is 6.47. The average Bonchev–Trinajstić information content (AvgIpc) is 3.18. The maximum Gasteiger partial charge on any atom is 0.315 e. The van der Waals surface area contributed by atoms with Gasteiger partial charge in [-0.3, -0.25) is 14.9 Å². The fourth-order valence-electron chi connectivity index (χ4n) is 3.05. The van der Waals surface area contributed by atoms with Crippen molar-refractivity contribution < 1.29 is 14.1 Å². The van der Waals surface area contributed by atoms with E-state index in [1.807, 2.05) is 6.07 Å². The van der Waals surface area contributed by atoms with E-state index in [0.717, 1.165) is 18.4 Å². The predicted octanol–water partition coefficient (Wildman–Crippen LogP) is 2.90. The SMILES string of the molecule is Cc1cc(NC(=O)C(=O)N2CCC[C@@H]2c2ccc(C)c(C)c2)no1. The standard InChI is InChI=1S/C18H21N3O3/c1-11-6-7-14(9-12(11)2)15-5-4-8-21(15)18(23)17(22)19-16-10-13(3)24-20-16/h6-7,9-10,15H,4-5,8H2,1-3H3,(H,19,20,22)/t15-/m1/s1. The van der Waals surface area contributed by atoms with E-state index in [1.54, 1.807) is 17.9 Å². The molecule has 126 valence electrons. The molecule has 0 aliphatic carbocycles. The van der Waals surface area contributed by atoms with Gasteiger partial charge in [0.1, 0.15) is 5.76 Å². The van der Waals surface area contributed by atoms with E-state index >= 15 is 0 Å². The highest BCUT2D eigenvalue weighted by molar-refractivity contribution is 6.39. The van der Waals surface area contributed by atoms with Crippen LogP contribution in [0.15, 0.2) is 28.8 Å². The number of aryl methyl sites for hydroxylation is 3. The molecule has 2 aromatic rings. The molecule has 1 aliphatic rings. The smallest absolute Gasteiger partial charge is 0.315 e. The lowest BCUT2D eigenvalue weighted by Crippen LogP contribution is -2.39. The molecule has 1 atom stereocenters. The Bertz CT molecular complexity index is 782. The molecule has 1 N–H and O–H groups in total. The Balaban J connectivity index is 1.75. The number of anilines is 1. The van der Waals surface area contributed by atoms with Crippen molar-refractivity contribution in [3.05, 3.63) is 46.7 Å². The van der Waals surface area contributed by atoms with Crippen LogP contribution in [0.2, 0.25) is 0 Å². The number of nitrogens with zero attached hydrogens (tertiary/aromatic N) is 2. The van der Waals surface area contributed by atoms with Crippen LogP contribution in [0.3, 0.4) is 0 Å². The first-order valence-electron chi connectivity index (χ1n) is 8.08. The Morgan fingerprint density at radius 1 is 1.21 bits per heavy atom. The molecule has 0 unspecified atom stereocenters. The summed E-state index contributed by atoms with van der Waals surface area (Å²) in [6, 6.07) is 7.73.